The number of hydrogen-bond acceptors (Lipinski definition) is 6. The third-order valence-corrected chi connectivity index (χ3v) is 5.93. The Morgan fingerprint density at radius 1 is 1.03 bits per heavy atom. The van der Waals surface area contributed by atoms with Crippen LogP contribution in [-0.4, -0.2) is 30.7 Å². The van der Waals surface area contributed by atoms with Gasteiger partial charge in [0, 0.05) is 30.3 Å². The molecular weight excluding hydrogens is 439 g/mol. The molecule has 10 heteroatoms. The molecule has 2 aromatic heterocycles. The smallest absolute Gasteiger partial charge is 0.339 e. The number of alkyl halides is 3. The van der Waals surface area contributed by atoms with E-state index in [-0.39, 0.29) is 11.4 Å². The highest BCUT2D eigenvalue weighted by molar-refractivity contribution is 7.99. The molecule has 0 spiro atoms. The fraction of sp³-hybridized carbons (Fsp3) is 0.273. The molecule has 0 saturated heterocycles. The summed E-state index contributed by atoms with van der Waals surface area (Å²) in [6.07, 6.45) is -3.16. The van der Waals surface area contributed by atoms with Crippen molar-refractivity contribution in [2.75, 3.05) is 5.75 Å². The summed E-state index contributed by atoms with van der Waals surface area (Å²) in [4.78, 5) is 4.23. The van der Waals surface area contributed by atoms with E-state index in [4.69, 9.17) is 4.52 Å². The molecule has 0 N–H and O–H groups in total. The second kappa shape index (κ2) is 9.15. The van der Waals surface area contributed by atoms with Gasteiger partial charge in [-0.2, -0.15) is 18.2 Å². The highest BCUT2D eigenvalue weighted by Crippen LogP contribution is 2.31. The molecule has 166 valence electrons. The summed E-state index contributed by atoms with van der Waals surface area (Å²) >= 11 is 1.57. The SMILES string of the molecule is Cc1ccc(-c2nnc(SCCCc3nc(-c4cccc(C(F)(F)F)c4)no3)n2C)cc1. The molecule has 6 nitrogen and oxygen atoms in total. The normalized spacial score (nSPS) is 11.8. The number of halogens is 3. The standard InChI is InChI=1S/C22H20F3N5OS/c1-14-8-10-15(11-9-14)20-27-28-21(30(20)2)32-12-4-7-18-26-19(29-31-18)16-5-3-6-17(13-16)22(23,24)25/h3,5-6,8-11,13H,4,7,12H2,1-2H3. The number of nitrogens with zero attached hydrogens (tertiary/aromatic N) is 5. The van der Waals surface area contributed by atoms with Crippen LogP contribution in [0.15, 0.2) is 58.2 Å². The van der Waals surface area contributed by atoms with Crippen LogP contribution in [0, 0.1) is 6.92 Å². The molecule has 0 atom stereocenters. The van der Waals surface area contributed by atoms with E-state index >= 15 is 0 Å². The van der Waals surface area contributed by atoms with Crippen molar-refractivity contribution in [3.8, 4) is 22.8 Å². The maximum Gasteiger partial charge on any atom is 0.416 e. The van der Waals surface area contributed by atoms with Gasteiger partial charge < -0.3 is 9.09 Å². The quantitative estimate of drug-likeness (QED) is 0.265. The Morgan fingerprint density at radius 2 is 1.81 bits per heavy atom. The van der Waals surface area contributed by atoms with Crippen LogP contribution in [0.1, 0.15) is 23.4 Å². The Hall–Kier alpha value is -3.14. The molecule has 0 bridgehead atoms. The number of aromatic nitrogens is 5. The molecule has 0 aliphatic carbocycles. The Kier molecular flexibility index (Phi) is 6.31. The van der Waals surface area contributed by atoms with Gasteiger partial charge in [0.25, 0.3) is 0 Å². The summed E-state index contributed by atoms with van der Waals surface area (Å²) < 4.78 is 45.9. The summed E-state index contributed by atoms with van der Waals surface area (Å²) in [5, 5.41) is 13.2. The first-order chi connectivity index (χ1) is 15.3. The lowest BCUT2D eigenvalue weighted by Crippen LogP contribution is -2.04. The van der Waals surface area contributed by atoms with E-state index in [0.29, 0.717) is 12.3 Å². The van der Waals surface area contributed by atoms with Gasteiger partial charge >= 0.3 is 6.18 Å². The number of hydrogen-bond donors (Lipinski definition) is 0. The molecule has 0 radical (unpaired) electrons. The molecule has 2 aromatic carbocycles. The molecule has 0 saturated carbocycles. The van der Waals surface area contributed by atoms with Crippen LogP contribution in [0.5, 0.6) is 0 Å². The minimum Gasteiger partial charge on any atom is -0.339 e. The first-order valence-corrected chi connectivity index (χ1v) is 10.9. The third kappa shape index (κ3) is 5.01. The van der Waals surface area contributed by atoms with E-state index in [2.05, 4.69) is 20.3 Å². The fourth-order valence-electron chi connectivity index (χ4n) is 3.09. The zero-order valence-corrected chi connectivity index (χ0v) is 18.2. The van der Waals surface area contributed by atoms with Crippen LogP contribution >= 0.6 is 11.8 Å². The minimum atomic E-state index is -4.42. The van der Waals surface area contributed by atoms with Crippen molar-refractivity contribution in [2.45, 2.75) is 31.1 Å². The highest BCUT2D eigenvalue weighted by atomic mass is 32.2. The van der Waals surface area contributed by atoms with Gasteiger partial charge in [-0.05, 0) is 25.5 Å². The number of aryl methyl sites for hydroxylation is 2. The average Bonchev–Trinajstić information content (AvgIpc) is 3.38. The van der Waals surface area contributed by atoms with Crippen molar-refractivity contribution in [3.05, 3.63) is 65.5 Å². The molecule has 0 aliphatic rings. The lowest BCUT2D eigenvalue weighted by atomic mass is 10.1. The molecule has 0 unspecified atom stereocenters. The first-order valence-electron chi connectivity index (χ1n) is 9.91. The number of rotatable bonds is 7. The second-order valence-electron chi connectivity index (χ2n) is 7.27. The molecule has 0 amide bonds. The zero-order chi connectivity index (χ0) is 22.7. The van der Waals surface area contributed by atoms with Crippen molar-refractivity contribution >= 4 is 11.8 Å². The van der Waals surface area contributed by atoms with E-state index in [1.807, 2.05) is 42.8 Å². The van der Waals surface area contributed by atoms with Crippen LogP contribution in [0.3, 0.4) is 0 Å². The molecule has 0 aliphatic heterocycles. The summed E-state index contributed by atoms with van der Waals surface area (Å²) in [5.41, 5.74) is 1.71. The third-order valence-electron chi connectivity index (χ3n) is 4.83. The van der Waals surface area contributed by atoms with Gasteiger partial charge in [0.2, 0.25) is 11.7 Å². The first kappa shape index (κ1) is 22.1. The maximum absolute atomic E-state index is 12.9. The van der Waals surface area contributed by atoms with Crippen molar-refractivity contribution in [3.63, 3.8) is 0 Å². The van der Waals surface area contributed by atoms with Crippen molar-refractivity contribution in [2.24, 2.45) is 7.05 Å². The van der Waals surface area contributed by atoms with Crippen molar-refractivity contribution in [1.82, 2.24) is 24.9 Å². The van der Waals surface area contributed by atoms with Crippen molar-refractivity contribution in [1.29, 1.82) is 0 Å². The lowest BCUT2D eigenvalue weighted by Gasteiger charge is -2.06. The Balaban J connectivity index is 1.33. The summed E-state index contributed by atoms with van der Waals surface area (Å²) in [5.74, 6) is 2.09. The van der Waals surface area contributed by atoms with Crippen LogP contribution < -0.4 is 0 Å². The van der Waals surface area contributed by atoms with Crippen LogP contribution in [0.25, 0.3) is 22.8 Å². The maximum atomic E-state index is 12.9. The van der Waals surface area contributed by atoms with E-state index in [0.717, 1.165) is 40.9 Å². The fourth-order valence-corrected chi connectivity index (χ4v) is 3.94. The van der Waals surface area contributed by atoms with Gasteiger partial charge in [-0.15, -0.1) is 10.2 Å². The predicted octanol–water partition coefficient (Wildman–Crippen LogP) is 5.58. The predicted molar refractivity (Wildman–Crippen MR) is 115 cm³/mol. The van der Waals surface area contributed by atoms with Crippen LogP contribution in [0.2, 0.25) is 0 Å². The van der Waals surface area contributed by atoms with Gasteiger partial charge in [0.05, 0.1) is 5.56 Å². The molecule has 4 rings (SSSR count). The monoisotopic (exact) mass is 459 g/mol. The lowest BCUT2D eigenvalue weighted by molar-refractivity contribution is -0.137. The number of benzene rings is 2. The van der Waals surface area contributed by atoms with Gasteiger partial charge in [-0.1, -0.05) is 58.9 Å². The molecule has 2 heterocycles. The zero-order valence-electron chi connectivity index (χ0n) is 17.4. The molecule has 32 heavy (non-hydrogen) atoms. The Morgan fingerprint density at radius 3 is 2.56 bits per heavy atom. The molecular formula is C22H20F3N5OS. The largest absolute Gasteiger partial charge is 0.416 e. The molecule has 0 fully saturated rings. The van der Waals surface area contributed by atoms with Gasteiger partial charge in [-0.25, -0.2) is 0 Å². The van der Waals surface area contributed by atoms with Gasteiger partial charge in [0.15, 0.2) is 11.0 Å². The average molecular weight is 459 g/mol. The highest BCUT2D eigenvalue weighted by Gasteiger charge is 2.30. The Bertz CT molecular complexity index is 1200. The van der Waals surface area contributed by atoms with Crippen LogP contribution in [0.4, 0.5) is 13.2 Å². The van der Waals surface area contributed by atoms with E-state index in [1.54, 1.807) is 11.8 Å². The second-order valence-corrected chi connectivity index (χ2v) is 8.34. The topological polar surface area (TPSA) is 69.6 Å². The van der Waals surface area contributed by atoms with Gasteiger partial charge in [0.1, 0.15) is 0 Å². The summed E-state index contributed by atoms with van der Waals surface area (Å²) in [7, 11) is 1.93. The summed E-state index contributed by atoms with van der Waals surface area (Å²) in [6.45, 7) is 2.04. The van der Waals surface area contributed by atoms with E-state index in [1.165, 1.54) is 17.7 Å². The van der Waals surface area contributed by atoms with Crippen LogP contribution in [-0.2, 0) is 19.6 Å². The van der Waals surface area contributed by atoms with E-state index < -0.39 is 11.7 Å². The minimum absolute atomic E-state index is 0.148. The Labute approximate surface area is 186 Å². The summed E-state index contributed by atoms with van der Waals surface area (Å²) in [6, 6.07) is 13.0. The van der Waals surface area contributed by atoms with Gasteiger partial charge in [-0.3, -0.25) is 0 Å². The van der Waals surface area contributed by atoms with Crippen molar-refractivity contribution < 1.29 is 17.7 Å². The number of thioether (sulfide) groups is 1. The van der Waals surface area contributed by atoms with E-state index in [9.17, 15) is 13.2 Å². The molecule has 4 aromatic rings.